The van der Waals surface area contributed by atoms with Gasteiger partial charge < -0.3 is 19.4 Å². The maximum absolute atomic E-state index is 13.3. The Morgan fingerprint density at radius 2 is 1.59 bits per heavy atom. The van der Waals surface area contributed by atoms with Crippen molar-refractivity contribution in [2.45, 2.75) is 70.4 Å². The van der Waals surface area contributed by atoms with Crippen LogP contribution in [0.2, 0.25) is 0 Å². The highest BCUT2D eigenvalue weighted by Gasteiger charge is 2.34. The molecule has 1 aromatic heterocycles. The zero-order valence-corrected chi connectivity index (χ0v) is 22.9. The minimum atomic E-state index is -0.157. The molecule has 3 aliphatic rings. The summed E-state index contributed by atoms with van der Waals surface area (Å²) in [7, 11) is 6.92. The molecule has 0 N–H and O–H groups in total. The lowest BCUT2D eigenvalue weighted by atomic mass is 9.87. The topological polar surface area (TPSA) is 99.2 Å². The Hall–Kier alpha value is -2.75. The second-order valence-electron chi connectivity index (χ2n) is 11.0. The quantitative estimate of drug-likeness (QED) is 0.549. The molecule has 1 saturated carbocycles. The third kappa shape index (κ3) is 6.58. The second-order valence-corrected chi connectivity index (χ2v) is 11.0. The van der Waals surface area contributed by atoms with E-state index in [0.29, 0.717) is 37.8 Å². The minimum absolute atomic E-state index is 0.0507. The Labute approximate surface area is 220 Å². The molecule has 0 radical (unpaired) electrons. The molecule has 10 nitrogen and oxygen atoms in total. The zero-order chi connectivity index (χ0) is 26.5. The Bertz CT molecular complexity index is 991. The number of carbonyl (C=O) groups excluding carboxylic acids is 3. The van der Waals surface area contributed by atoms with Crippen LogP contribution in [-0.4, -0.2) is 102 Å². The number of likely N-dealkylation sites (tertiary alicyclic amines) is 1. The van der Waals surface area contributed by atoms with Gasteiger partial charge in [-0.05, 0) is 32.2 Å². The maximum Gasteiger partial charge on any atom is 0.260 e. The molecular weight excluding hydrogens is 472 g/mol. The smallest absolute Gasteiger partial charge is 0.260 e. The zero-order valence-electron chi connectivity index (χ0n) is 22.9. The van der Waals surface area contributed by atoms with Crippen molar-refractivity contribution in [3.8, 4) is 5.88 Å². The third-order valence-electron chi connectivity index (χ3n) is 7.89. The van der Waals surface area contributed by atoms with E-state index in [2.05, 4.69) is 4.90 Å². The van der Waals surface area contributed by atoms with E-state index in [4.69, 9.17) is 14.7 Å². The molecule has 2 fully saturated rings. The molecule has 204 valence electrons. The maximum atomic E-state index is 13.3. The highest BCUT2D eigenvalue weighted by molar-refractivity contribution is 5.79. The molecule has 0 bridgehead atoms. The molecule has 2 aliphatic heterocycles. The minimum Gasteiger partial charge on any atom is -0.467 e. The molecule has 10 heteroatoms. The van der Waals surface area contributed by atoms with Gasteiger partial charge in [0.25, 0.3) is 5.91 Å². The van der Waals surface area contributed by atoms with Crippen molar-refractivity contribution in [2.75, 3.05) is 54.4 Å². The number of likely N-dealkylation sites (N-methyl/N-ethyl adjacent to an activating group) is 2. The first kappa shape index (κ1) is 27.3. The lowest BCUT2D eigenvalue weighted by Crippen LogP contribution is -2.43. The molecular formula is C27H42N6O4. The number of aromatic nitrogens is 2. The van der Waals surface area contributed by atoms with Gasteiger partial charge in [0.15, 0.2) is 6.61 Å². The van der Waals surface area contributed by atoms with Gasteiger partial charge in [-0.1, -0.05) is 25.7 Å². The average molecular weight is 515 g/mol. The first-order valence-corrected chi connectivity index (χ1v) is 13.7. The van der Waals surface area contributed by atoms with Crippen LogP contribution >= 0.6 is 0 Å². The molecule has 0 unspecified atom stereocenters. The SMILES string of the molecule is CN(C)C(=O)COc1nc([C@H]2CCCCN2CC(=O)N(C)C)nc2c1CN(C(=O)C1CCCCC1)CC2. The van der Waals surface area contributed by atoms with E-state index < -0.39 is 0 Å². The normalized spacial score (nSPS) is 20.8. The van der Waals surface area contributed by atoms with Crippen LogP contribution in [0.5, 0.6) is 5.88 Å². The van der Waals surface area contributed by atoms with Crippen LogP contribution in [0, 0.1) is 5.92 Å². The average Bonchev–Trinajstić information content (AvgIpc) is 2.91. The molecule has 1 saturated heterocycles. The van der Waals surface area contributed by atoms with Crippen molar-refractivity contribution >= 4 is 17.7 Å². The molecule has 1 aromatic rings. The predicted molar refractivity (Wildman–Crippen MR) is 139 cm³/mol. The van der Waals surface area contributed by atoms with Crippen LogP contribution in [0.1, 0.15) is 74.5 Å². The van der Waals surface area contributed by atoms with Gasteiger partial charge in [-0.25, -0.2) is 4.98 Å². The predicted octanol–water partition coefficient (Wildman–Crippen LogP) is 2.02. The third-order valence-corrected chi connectivity index (χ3v) is 7.89. The summed E-state index contributed by atoms with van der Waals surface area (Å²) < 4.78 is 6.01. The number of ether oxygens (including phenoxy) is 1. The summed E-state index contributed by atoms with van der Waals surface area (Å²) in [4.78, 5) is 55.1. The number of hydrogen-bond donors (Lipinski definition) is 0. The number of carbonyl (C=O) groups is 3. The monoisotopic (exact) mass is 514 g/mol. The molecule has 37 heavy (non-hydrogen) atoms. The van der Waals surface area contributed by atoms with Gasteiger partial charge in [0.1, 0.15) is 5.82 Å². The molecule has 1 aliphatic carbocycles. The van der Waals surface area contributed by atoms with Gasteiger partial charge in [-0.3, -0.25) is 19.3 Å². The fraction of sp³-hybridized carbons (Fsp3) is 0.741. The summed E-state index contributed by atoms with van der Waals surface area (Å²) in [6.45, 7) is 2.03. The lowest BCUT2D eigenvalue weighted by Gasteiger charge is -2.36. The van der Waals surface area contributed by atoms with Gasteiger partial charge in [-0.15, -0.1) is 0 Å². The van der Waals surface area contributed by atoms with Gasteiger partial charge in [-0.2, -0.15) is 4.98 Å². The van der Waals surface area contributed by atoms with E-state index in [9.17, 15) is 14.4 Å². The van der Waals surface area contributed by atoms with E-state index >= 15 is 0 Å². The van der Waals surface area contributed by atoms with Crippen LogP contribution in [0.25, 0.3) is 0 Å². The fourth-order valence-corrected chi connectivity index (χ4v) is 5.51. The molecule has 0 aromatic carbocycles. The Morgan fingerprint density at radius 1 is 0.892 bits per heavy atom. The summed E-state index contributed by atoms with van der Waals surface area (Å²) in [6.07, 6.45) is 8.91. The van der Waals surface area contributed by atoms with E-state index in [0.717, 1.165) is 62.7 Å². The van der Waals surface area contributed by atoms with Gasteiger partial charge in [0.05, 0.1) is 30.4 Å². The fourth-order valence-electron chi connectivity index (χ4n) is 5.51. The van der Waals surface area contributed by atoms with Gasteiger partial charge >= 0.3 is 0 Å². The van der Waals surface area contributed by atoms with Crippen molar-refractivity contribution in [1.29, 1.82) is 0 Å². The summed E-state index contributed by atoms with van der Waals surface area (Å²) >= 11 is 0. The number of hydrogen-bond acceptors (Lipinski definition) is 7. The highest BCUT2D eigenvalue weighted by atomic mass is 16.5. The Kier molecular flexibility index (Phi) is 9.00. The lowest BCUT2D eigenvalue weighted by molar-refractivity contribution is -0.137. The first-order valence-electron chi connectivity index (χ1n) is 13.7. The van der Waals surface area contributed by atoms with Crippen LogP contribution in [0.15, 0.2) is 0 Å². The van der Waals surface area contributed by atoms with E-state index in [1.807, 2.05) is 4.90 Å². The summed E-state index contributed by atoms with van der Waals surface area (Å²) in [5.74, 6) is 1.24. The number of piperidine rings is 1. The number of fused-ring (bicyclic) bond motifs is 1. The number of nitrogens with zero attached hydrogens (tertiary/aromatic N) is 6. The van der Waals surface area contributed by atoms with Crippen molar-refractivity contribution in [3.05, 3.63) is 17.1 Å². The van der Waals surface area contributed by atoms with Crippen molar-refractivity contribution in [2.24, 2.45) is 5.92 Å². The summed E-state index contributed by atoms with van der Waals surface area (Å²) in [5, 5.41) is 0. The summed E-state index contributed by atoms with van der Waals surface area (Å²) in [5.41, 5.74) is 1.69. The number of amides is 3. The van der Waals surface area contributed by atoms with Crippen LogP contribution in [0.4, 0.5) is 0 Å². The highest BCUT2D eigenvalue weighted by Crippen LogP contribution is 2.34. The van der Waals surface area contributed by atoms with Crippen molar-refractivity contribution in [3.63, 3.8) is 0 Å². The van der Waals surface area contributed by atoms with Gasteiger partial charge in [0, 0.05) is 47.1 Å². The van der Waals surface area contributed by atoms with Crippen LogP contribution < -0.4 is 4.74 Å². The number of rotatable bonds is 7. The molecule has 3 amide bonds. The Morgan fingerprint density at radius 3 is 2.30 bits per heavy atom. The van der Waals surface area contributed by atoms with Gasteiger partial charge in [0.2, 0.25) is 17.7 Å². The van der Waals surface area contributed by atoms with E-state index in [1.54, 1.807) is 33.1 Å². The molecule has 1 atom stereocenters. The Balaban J connectivity index is 1.61. The molecule has 0 spiro atoms. The van der Waals surface area contributed by atoms with Crippen molar-refractivity contribution in [1.82, 2.24) is 29.6 Å². The van der Waals surface area contributed by atoms with Crippen LogP contribution in [0.3, 0.4) is 0 Å². The largest absolute Gasteiger partial charge is 0.467 e. The summed E-state index contributed by atoms with van der Waals surface area (Å²) in [6, 6.07) is -0.0863. The first-order chi connectivity index (χ1) is 17.7. The standard InChI is InChI=1S/C27H42N6O4/c1-30(2)23(34)17-32-14-9-8-12-22(32)25-28-21-13-15-33(27(36)19-10-6-5-7-11-19)16-20(21)26(29-25)37-18-24(35)31(3)4/h19,22H,5-18H2,1-4H3/t22-/m1/s1. The second kappa shape index (κ2) is 12.2. The van der Waals surface area contributed by atoms with E-state index in [1.165, 1.54) is 11.3 Å². The van der Waals surface area contributed by atoms with E-state index in [-0.39, 0.29) is 36.3 Å². The molecule has 3 heterocycles. The van der Waals surface area contributed by atoms with Crippen LogP contribution in [-0.2, 0) is 27.3 Å². The van der Waals surface area contributed by atoms with Crippen molar-refractivity contribution < 1.29 is 19.1 Å². The molecule has 4 rings (SSSR count).